The van der Waals surface area contributed by atoms with Crippen molar-refractivity contribution in [1.29, 1.82) is 0 Å². The van der Waals surface area contributed by atoms with E-state index in [0.29, 0.717) is 5.54 Å². The molecule has 0 radical (unpaired) electrons. The van der Waals surface area contributed by atoms with Crippen molar-refractivity contribution in [1.82, 2.24) is 0 Å². The summed E-state index contributed by atoms with van der Waals surface area (Å²) in [5, 5.41) is 0. The third-order valence-electron chi connectivity index (χ3n) is 3.40. The van der Waals surface area contributed by atoms with E-state index < -0.39 is 25.2 Å². The van der Waals surface area contributed by atoms with E-state index in [0.717, 1.165) is 0 Å². The minimum Gasteiger partial charge on any atom is -0.437 e. The van der Waals surface area contributed by atoms with Gasteiger partial charge in [0.15, 0.2) is 16.6 Å². The molecule has 2 nitrogen and oxygen atoms in total. The second kappa shape index (κ2) is 6.27. The Bertz CT molecular complexity index is 424. The molecule has 0 aliphatic heterocycles. The second-order valence-corrected chi connectivity index (χ2v) is 20.2. The topological polar surface area (TPSA) is 18.5 Å². The van der Waals surface area contributed by atoms with E-state index in [9.17, 15) is 0 Å². The van der Waals surface area contributed by atoms with Gasteiger partial charge in [-0.25, -0.2) is 0 Å². The number of hydrogen-bond donors (Lipinski definition) is 0. The quantitative estimate of drug-likeness (QED) is 0.677. The molecule has 0 saturated carbocycles. The van der Waals surface area contributed by atoms with E-state index in [1.54, 1.807) is 0 Å². The summed E-state index contributed by atoms with van der Waals surface area (Å²) in [7, 11) is -5.42. The van der Waals surface area contributed by atoms with Gasteiger partial charge in [0.2, 0.25) is 0 Å². The zero-order chi connectivity index (χ0) is 15.6. The summed E-state index contributed by atoms with van der Waals surface area (Å²) < 4.78 is 12.9. The lowest BCUT2D eigenvalue weighted by atomic mass is 10.2. The molecule has 0 saturated heterocycles. The van der Waals surface area contributed by atoms with Crippen molar-refractivity contribution < 1.29 is 8.23 Å². The van der Waals surface area contributed by atoms with Crippen molar-refractivity contribution in [3.05, 3.63) is 35.9 Å². The summed E-state index contributed by atoms with van der Waals surface area (Å²) in [5.41, 5.74) is 1.85. The maximum absolute atomic E-state index is 6.61. The van der Waals surface area contributed by atoms with E-state index in [-0.39, 0.29) is 0 Å². The molecule has 0 N–H and O–H groups in total. The van der Waals surface area contributed by atoms with Crippen LogP contribution in [0.3, 0.4) is 0 Å². The molecule has 1 atom stereocenters. The van der Waals surface area contributed by atoms with Gasteiger partial charge >= 0.3 is 8.56 Å². The van der Waals surface area contributed by atoms with Gasteiger partial charge in [0, 0.05) is 0 Å². The smallest absolute Gasteiger partial charge is 0.311 e. The van der Waals surface area contributed by atoms with Gasteiger partial charge < -0.3 is 8.23 Å². The second-order valence-electron chi connectivity index (χ2n) is 7.45. The van der Waals surface area contributed by atoms with Crippen LogP contribution in [0, 0.1) is 0 Å². The SMILES string of the molecule is CC(c1ccccc1)[Si](C)(C)O[Si](C)(C)O[Si](C)(C)C. The summed E-state index contributed by atoms with van der Waals surface area (Å²) >= 11 is 0. The first-order valence-corrected chi connectivity index (χ1v) is 16.6. The van der Waals surface area contributed by atoms with Gasteiger partial charge in [0.05, 0.1) is 0 Å². The highest BCUT2D eigenvalue weighted by Gasteiger charge is 2.41. The van der Waals surface area contributed by atoms with Crippen LogP contribution in [0.1, 0.15) is 18.0 Å². The van der Waals surface area contributed by atoms with Gasteiger partial charge in [0.1, 0.15) is 0 Å². The summed E-state index contributed by atoms with van der Waals surface area (Å²) in [4.78, 5) is 0. The van der Waals surface area contributed by atoms with Crippen molar-refractivity contribution >= 4 is 25.2 Å². The van der Waals surface area contributed by atoms with Gasteiger partial charge in [0.25, 0.3) is 0 Å². The molecule has 0 aliphatic carbocycles. The van der Waals surface area contributed by atoms with Crippen LogP contribution in [0.5, 0.6) is 0 Å². The average molecular weight is 327 g/mol. The Hall–Kier alpha value is -0.209. The Labute approximate surface area is 128 Å². The fourth-order valence-corrected chi connectivity index (χ4v) is 15.8. The predicted octanol–water partition coefficient (Wildman–Crippen LogP) is 5.10. The minimum atomic E-state index is -2.05. The Kier molecular flexibility index (Phi) is 5.60. The lowest BCUT2D eigenvalue weighted by Crippen LogP contribution is -2.53. The standard InChI is InChI=1S/C15H30O2Si3/c1-14(15-12-10-9-11-13-15)19(5,6)17-20(7,8)16-18(2,3)4/h9-14H,1-8H3. The van der Waals surface area contributed by atoms with Crippen molar-refractivity contribution in [3.8, 4) is 0 Å². The molecule has 5 heteroatoms. The molecule has 1 rings (SSSR count). The molecule has 0 amide bonds. The highest BCUT2D eigenvalue weighted by molar-refractivity contribution is 6.87. The third kappa shape index (κ3) is 5.65. The number of rotatable bonds is 6. The molecule has 0 fully saturated rings. The van der Waals surface area contributed by atoms with Crippen LogP contribution in [0.15, 0.2) is 30.3 Å². The lowest BCUT2D eigenvalue weighted by molar-refractivity contribution is 0.387. The maximum Gasteiger partial charge on any atom is 0.311 e. The molecule has 0 bridgehead atoms. The van der Waals surface area contributed by atoms with Gasteiger partial charge in [-0.15, -0.1) is 0 Å². The first kappa shape index (κ1) is 17.8. The molecule has 0 aromatic heterocycles. The van der Waals surface area contributed by atoms with E-state index in [1.807, 2.05) is 0 Å². The van der Waals surface area contributed by atoms with E-state index in [1.165, 1.54) is 5.56 Å². The molecule has 0 aliphatic rings. The minimum absolute atomic E-state index is 0.473. The van der Waals surface area contributed by atoms with Crippen LogP contribution in [0.2, 0.25) is 45.8 Å². The fourth-order valence-electron chi connectivity index (χ4n) is 2.62. The van der Waals surface area contributed by atoms with Gasteiger partial charge in [-0.2, -0.15) is 0 Å². The zero-order valence-corrected chi connectivity index (χ0v) is 17.3. The molecule has 1 aromatic carbocycles. The van der Waals surface area contributed by atoms with Crippen molar-refractivity contribution in [2.45, 2.75) is 58.3 Å². The normalized spacial score (nSPS) is 15.2. The van der Waals surface area contributed by atoms with Gasteiger partial charge in [-0.05, 0) is 56.9 Å². The van der Waals surface area contributed by atoms with E-state index in [2.05, 4.69) is 83.1 Å². The van der Waals surface area contributed by atoms with Crippen LogP contribution in [0.4, 0.5) is 0 Å². The summed E-state index contributed by atoms with van der Waals surface area (Å²) in [6, 6.07) is 10.7. The third-order valence-corrected chi connectivity index (χ3v) is 14.3. The first-order chi connectivity index (χ1) is 8.93. The predicted molar refractivity (Wildman–Crippen MR) is 95.3 cm³/mol. The highest BCUT2D eigenvalue weighted by Crippen LogP contribution is 2.31. The fraction of sp³-hybridized carbons (Fsp3) is 0.600. The maximum atomic E-state index is 6.61. The van der Waals surface area contributed by atoms with E-state index >= 15 is 0 Å². The highest BCUT2D eigenvalue weighted by atomic mass is 28.5. The van der Waals surface area contributed by atoms with Crippen molar-refractivity contribution in [2.75, 3.05) is 0 Å². The summed E-state index contributed by atoms with van der Waals surface area (Å²) in [6.07, 6.45) is 0. The molecule has 0 spiro atoms. The number of benzene rings is 1. The van der Waals surface area contributed by atoms with E-state index in [4.69, 9.17) is 8.23 Å². The van der Waals surface area contributed by atoms with Gasteiger partial charge in [-0.3, -0.25) is 0 Å². The van der Waals surface area contributed by atoms with Crippen LogP contribution in [-0.2, 0) is 8.23 Å². The van der Waals surface area contributed by atoms with Crippen LogP contribution < -0.4 is 0 Å². The lowest BCUT2D eigenvalue weighted by Gasteiger charge is -2.40. The average Bonchev–Trinajstić information content (AvgIpc) is 2.24. The van der Waals surface area contributed by atoms with Gasteiger partial charge in [-0.1, -0.05) is 37.3 Å². The zero-order valence-electron chi connectivity index (χ0n) is 14.3. The molecular weight excluding hydrogens is 296 g/mol. The first-order valence-electron chi connectivity index (χ1n) is 7.38. The molecule has 0 heterocycles. The Morgan fingerprint density at radius 1 is 0.800 bits per heavy atom. The molecule has 20 heavy (non-hydrogen) atoms. The monoisotopic (exact) mass is 326 g/mol. The summed E-state index contributed by atoms with van der Waals surface area (Å²) in [6.45, 7) is 18.0. The van der Waals surface area contributed by atoms with Crippen molar-refractivity contribution in [3.63, 3.8) is 0 Å². The van der Waals surface area contributed by atoms with Crippen LogP contribution in [-0.4, -0.2) is 25.2 Å². The Balaban J connectivity index is 2.83. The molecule has 114 valence electrons. The van der Waals surface area contributed by atoms with Crippen LogP contribution >= 0.6 is 0 Å². The largest absolute Gasteiger partial charge is 0.437 e. The molecular formula is C15H30O2Si3. The Morgan fingerprint density at radius 2 is 1.30 bits per heavy atom. The van der Waals surface area contributed by atoms with Crippen molar-refractivity contribution in [2.24, 2.45) is 0 Å². The molecule has 1 aromatic rings. The Morgan fingerprint density at radius 3 is 1.75 bits per heavy atom. The number of hydrogen-bond acceptors (Lipinski definition) is 2. The van der Waals surface area contributed by atoms with Crippen LogP contribution in [0.25, 0.3) is 0 Å². The summed E-state index contributed by atoms with van der Waals surface area (Å²) in [5.74, 6) is 0. The molecule has 1 unspecified atom stereocenters.